The van der Waals surface area contributed by atoms with Crippen LogP contribution in [0.5, 0.6) is 0 Å². The molecule has 1 aromatic rings. The zero-order valence-electron chi connectivity index (χ0n) is 13.1. The van der Waals surface area contributed by atoms with Gasteiger partial charge in [0.1, 0.15) is 15.8 Å². The monoisotopic (exact) mass is 352 g/mol. The molecule has 23 heavy (non-hydrogen) atoms. The number of nitrogens with zero attached hydrogens (tertiary/aromatic N) is 2. The van der Waals surface area contributed by atoms with Crippen LogP contribution in [0.2, 0.25) is 0 Å². The van der Waals surface area contributed by atoms with E-state index in [1.54, 1.807) is 11.0 Å². The number of rotatable bonds is 5. The predicted molar refractivity (Wildman–Crippen MR) is 95.2 cm³/mol. The van der Waals surface area contributed by atoms with E-state index in [1.807, 2.05) is 19.1 Å². The van der Waals surface area contributed by atoms with E-state index in [4.69, 9.17) is 21.4 Å². The van der Waals surface area contributed by atoms with Gasteiger partial charge in [-0.05, 0) is 25.5 Å². The van der Waals surface area contributed by atoms with E-state index < -0.39 is 0 Å². The number of amides is 1. The number of aryl methyl sites for hydroxylation is 1. The number of ether oxygens (including phenoxy) is 1. The van der Waals surface area contributed by atoms with Crippen molar-refractivity contribution in [1.82, 2.24) is 9.80 Å². The minimum absolute atomic E-state index is 0.0176. The van der Waals surface area contributed by atoms with Crippen LogP contribution in [-0.2, 0) is 9.53 Å². The molecule has 2 saturated heterocycles. The minimum atomic E-state index is -0.0176. The number of thiocarbonyl (C=S) groups is 1. The van der Waals surface area contributed by atoms with Crippen molar-refractivity contribution in [3.8, 4) is 0 Å². The molecule has 0 aliphatic carbocycles. The summed E-state index contributed by atoms with van der Waals surface area (Å²) in [5.41, 5.74) is 0. The SMILES string of the molecule is Cc1ccc(/C=C2\SC(=S)N(CCCN3CCOCC3)C2=O)o1. The summed E-state index contributed by atoms with van der Waals surface area (Å²) in [4.78, 5) is 17.2. The lowest BCUT2D eigenvalue weighted by molar-refractivity contribution is -0.122. The Bertz CT molecular complexity index is 621. The van der Waals surface area contributed by atoms with E-state index >= 15 is 0 Å². The Morgan fingerprint density at radius 3 is 2.78 bits per heavy atom. The molecular formula is C16H20N2O3S2. The van der Waals surface area contributed by atoms with Gasteiger partial charge in [-0.3, -0.25) is 14.6 Å². The van der Waals surface area contributed by atoms with Crippen molar-refractivity contribution in [2.24, 2.45) is 0 Å². The molecule has 2 fully saturated rings. The third-order valence-corrected chi connectivity index (χ3v) is 5.25. The van der Waals surface area contributed by atoms with Crippen molar-refractivity contribution in [2.75, 3.05) is 39.4 Å². The summed E-state index contributed by atoms with van der Waals surface area (Å²) < 4.78 is 11.5. The van der Waals surface area contributed by atoms with Gasteiger partial charge in [-0.15, -0.1) is 0 Å². The van der Waals surface area contributed by atoms with Crippen LogP contribution >= 0.6 is 24.0 Å². The number of hydrogen-bond acceptors (Lipinski definition) is 6. The molecule has 0 atom stereocenters. The molecule has 0 unspecified atom stereocenters. The molecule has 0 N–H and O–H groups in total. The van der Waals surface area contributed by atoms with Crippen molar-refractivity contribution in [1.29, 1.82) is 0 Å². The van der Waals surface area contributed by atoms with Gasteiger partial charge >= 0.3 is 0 Å². The highest BCUT2D eigenvalue weighted by Gasteiger charge is 2.31. The second-order valence-electron chi connectivity index (χ2n) is 5.59. The lowest BCUT2D eigenvalue weighted by atomic mass is 10.3. The standard InChI is InChI=1S/C16H20N2O3S2/c1-12-3-4-13(21-12)11-14-15(19)18(16(22)23-14)6-2-5-17-7-9-20-10-8-17/h3-4,11H,2,5-10H2,1H3/b14-11-. The summed E-state index contributed by atoms with van der Waals surface area (Å²) in [7, 11) is 0. The summed E-state index contributed by atoms with van der Waals surface area (Å²) in [6.07, 6.45) is 2.69. The predicted octanol–water partition coefficient (Wildman–Crippen LogP) is 2.51. The third-order valence-electron chi connectivity index (χ3n) is 3.87. The van der Waals surface area contributed by atoms with Gasteiger partial charge in [0.15, 0.2) is 0 Å². The third kappa shape index (κ3) is 4.23. The Kier molecular flexibility index (Phi) is 5.53. The maximum atomic E-state index is 12.5. The van der Waals surface area contributed by atoms with Crippen LogP contribution < -0.4 is 0 Å². The van der Waals surface area contributed by atoms with Crippen molar-refractivity contribution in [3.63, 3.8) is 0 Å². The number of carbonyl (C=O) groups is 1. The van der Waals surface area contributed by atoms with E-state index in [0.29, 0.717) is 21.5 Å². The first-order valence-corrected chi connectivity index (χ1v) is 8.98. The lowest BCUT2D eigenvalue weighted by Crippen LogP contribution is -2.38. The van der Waals surface area contributed by atoms with Gasteiger partial charge < -0.3 is 9.15 Å². The molecule has 3 heterocycles. The Labute approximate surface area is 145 Å². The van der Waals surface area contributed by atoms with Crippen molar-refractivity contribution < 1.29 is 13.9 Å². The van der Waals surface area contributed by atoms with E-state index in [1.165, 1.54) is 11.8 Å². The second kappa shape index (κ2) is 7.61. The van der Waals surface area contributed by atoms with Gasteiger partial charge in [-0.1, -0.05) is 24.0 Å². The molecule has 1 amide bonds. The van der Waals surface area contributed by atoms with Crippen molar-refractivity contribution in [2.45, 2.75) is 13.3 Å². The first kappa shape index (κ1) is 16.7. The largest absolute Gasteiger partial charge is 0.462 e. The molecule has 2 aliphatic heterocycles. The van der Waals surface area contributed by atoms with Crippen molar-refractivity contribution in [3.05, 3.63) is 28.6 Å². The Hall–Kier alpha value is -1.15. The summed E-state index contributed by atoms with van der Waals surface area (Å²) in [6.45, 7) is 7.05. The van der Waals surface area contributed by atoms with Gasteiger partial charge in [0.2, 0.25) is 0 Å². The van der Waals surface area contributed by atoms with E-state index in [-0.39, 0.29) is 5.91 Å². The van der Waals surface area contributed by atoms with Crippen LogP contribution in [0.4, 0.5) is 0 Å². The van der Waals surface area contributed by atoms with Crippen LogP contribution in [0, 0.1) is 6.92 Å². The topological polar surface area (TPSA) is 45.9 Å². The van der Waals surface area contributed by atoms with Gasteiger partial charge in [0, 0.05) is 32.3 Å². The molecule has 2 aliphatic rings. The number of morpholine rings is 1. The van der Waals surface area contributed by atoms with E-state index in [2.05, 4.69) is 4.90 Å². The highest BCUT2D eigenvalue weighted by molar-refractivity contribution is 8.26. The zero-order valence-corrected chi connectivity index (χ0v) is 14.8. The van der Waals surface area contributed by atoms with Gasteiger partial charge in [0.05, 0.1) is 18.1 Å². The molecule has 0 bridgehead atoms. The molecule has 0 radical (unpaired) electrons. The van der Waals surface area contributed by atoms with Crippen LogP contribution in [-0.4, -0.2) is 59.4 Å². The smallest absolute Gasteiger partial charge is 0.266 e. The average molecular weight is 352 g/mol. The zero-order chi connectivity index (χ0) is 16.2. The van der Waals surface area contributed by atoms with Gasteiger partial charge in [-0.25, -0.2) is 0 Å². The first-order valence-electron chi connectivity index (χ1n) is 7.75. The van der Waals surface area contributed by atoms with Gasteiger partial charge in [-0.2, -0.15) is 0 Å². The van der Waals surface area contributed by atoms with E-state index in [9.17, 15) is 4.79 Å². The number of hydrogen-bond donors (Lipinski definition) is 0. The van der Waals surface area contributed by atoms with Crippen LogP contribution in [0.1, 0.15) is 17.9 Å². The maximum absolute atomic E-state index is 12.5. The molecule has 124 valence electrons. The molecule has 0 spiro atoms. The molecule has 5 nitrogen and oxygen atoms in total. The average Bonchev–Trinajstić information content (AvgIpc) is 3.06. The fourth-order valence-corrected chi connectivity index (χ4v) is 3.92. The Morgan fingerprint density at radius 2 is 2.09 bits per heavy atom. The maximum Gasteiger partial charge on any atom is 0.266 e. The normalized spacial score (nSPS) is 21.6. The van der Waals surface area contributed by atoms with Gasteiger partial charge in [0.25, 0.3) is 5.91 Å². The van der Waals surface area contributed by atoms with Crippen LogP contribution in [0.3, 0.4) is 0 Å². The van der Waals surface area contributed by atoms with Crippen molar-refractivity contribution >= 4 is 40.3 Å². The van der Waals surface area contributed by atoms with Crippen LogP contribution in [0.25, 0.3) is 6.08 Å². The molecule has 1 aromatic heterocycles. The highest BCUT2D eigenvalue weighted by atomic mass is 32.2. The molecule has 0 aromatic carbocycles. The van der Waals surface area contributed by atoms with Crippen LogP contribution in [0.15, 0.2) is 21.5 Å². The lowest BCUT2D eigenvalue weighted by Gasteiger charge is -2.27. The molecule has 0 saturated carbocycles. The minimum Gasteiger partial charge on any atom is -0.462 e. The summed E-state index contributed by atoms with van der Waals surface area (Å²) in [6, 6.07) is 3.75. The summed E-state index contributed by atoms with van der Waals surface area (Å²) >= 11 is 6.70. The fourth-order valence-electron chi connectivity index (χ4n) is 2.63. The first-order chi connectivity index (χ1) is 11.1. The molecule has 7 heteroatoms. The highest BCUT2D eigenvalue weighted by Crippen LogP contribution is 2.32. The number of furan rings is 1. The van der Waals surface area contributed by atoms with E-state index in [0.717, 1.165) is 45.0 Å². The molecule has 3 rings (SSSR count). The number of thioether (sulfide) groups is 1. The quantitative estimate of drug-likeness (QED) is 0.599. The fraction of sp³-hybridized carbons (Fsp3) is 0.500. The Morgan fingerprint density at radius 1 is 1.30 bits per heavy atom. The Balaban J connectivity index is 1.55. The number of carbonyl (C=O) groups excluding carboxylic acids is 1. The summed E-state index contributed by atoms with van der Waals surface area (Å²) in [5.74, 6) is 1.50. The second-order valence-corrected chi connectivity index (χ2v) is 7.27. The summed E-state index contributed by atoms with van der Waals surface area (Å²) in [5, 5.41) is 0. The molecular weight excluding hydrogens is 332 g/mol.